The average Bonchev–Trinajstić information content (AvgIpc) is 2.97. The second-order valence-electron chi connectivity index (χ2n) is 5.72. The summed E-state index contributed by atoms with van der Waals surface area (Å²) in [6, 6.07) is 16.3. The van der Waals surface area contributed by atoms with Gasteiger partial charge in [0.15, 0.2) is 5.16 Å². The smallest absolute Gasteiger partial charge is 0.169 e. The van der Waals surface area contributed by atoms with Gasteiger partial charge in [0.25, 0.3) is 0 Å². The van der Waals surface area contributed by atoms with Crippen LogP contribution in [0.15, 0.2) is 53.7 Å². The van der Waals surface area contributed by atoms with E-state index < -0.39 is 0 Å². The predicted octanol–water partition coefficient (Wildman–Crippen LogP) is 4.80. The third kappa shape index (κ3) is 3.67. The quantitative estimate of drug-likeness (QED) is 0.456. The maximum atomic E-state index is 5.81. The van der Waals surface area contributed by atoms with Crippen LogP contribution in [0.5, 0.6) is 11.5 Å². The fraction of sp³-hybridized carbons (Fsp3) is 0.316. The summed E-state index contributed by atoms with van der Waals surface area (Å²) in [6.07, 6.45) is 0. The van der Waals surface area contributed by atoms with E-state index in [-0.39, 0.29) is 0 Å². The molecule has 24 heavy (non-hydrogen) atoms. The van der Waals surface area contributed by atoms with Gasteiger partial charge in [-0.1, -0.05) is 30.0 Å². The number of aromatic nitrogens is 2. The highest BCUT2D eigenvalue weighted by molar-refractivity contribution is 7.99. The highest BCUT2D eigenvalue weighted by Crippen LogP contribution is 2.27. The van der Waals surface area contributed by atoms with Crippen LogP contribution in [0.1, 0.15) is 19.9 Å². The van der Waals surface area contributed by atoms with Gasteiger partial charge in [-0.2, -0.15) is 0 Å². The Labute approximate surface area is 146 Å². The van der Waals surface area contributed by atoms with Crippen molar-refractivity contribution < 1.29 is 9.47 Å². The molecule has 0 aliphatic heterocycles. The Kier molecular flexibility index (Phi) is 5.30. The summed E-state index contributed by atoms with van der Waals surface area (Å²) < 4.78 is 13.3. The molecule has 0 spiro atoms. The lowest BCUT2D eigenvalue weighted by atomic mass is 10.3. The standard InChI is InChI=1S/C19H22N2O2S/c1-14(2)21-18-10-5-4-9-17(18)20-19(21)24-12-11-23-16-8-6-7-15(13-16)22-3/h4-10,13-14H,11-12H2,1-3H3. The number of thioether (sulfide) groups is 1. The normalized spacial score (nSPS) is 11.2. The maximum absolute atomic E-state index is 5.81. The van der Waals surface area contributed by atoms with Gasteiger partial charge in [0.1, 0.15) is 11.5 Å². The number of nitrogens with zero attached hydrogens (tertiary/aromatic N) is 2. The minimum atomic E-state index is 0.374. The molecule has 3 rings (SSSR count). The molecule has 0 aliphatic rings. The van der Waals surface area contributed by atoms with Crippen LogP contribution >= 0.6 is 11.8 Å². The molecule has 0 unspecified atom stereocenters. The Balaban J connectivity index is 1.64. The van der Waals surface area contributed by atoms with Gasteiger partial charge in [-0.05, 0) is 38.1 Å². The maximum Gasteiger partial charge on any atom is 0.169 e. The number of methoxy groups -OCH3 is 1. The molecule has 0 N–H and O–H groups in total. The summed E-state index contributed by atoms with van der Waals surface area (Å²) >= 11 is 1.73. The monoisotopic (exact) mass is 342 g/mol. The van der Waals surface area contributed by atoms with Crippen molar-refractivity contribution in [3.63, 3.8) is 0 Å². The van der Waals surface area contributed by atoms with Crippen molar-refractivity contribution in [2.75, 3.05) is 19.5 Å². The van der Waals surface area contributed by atoms with Crippen LogP contribution in [0, 0.1) is 0 Å². The van der Waals surface area contributed by atoms with E-state index in [9.17, 15) is 0 Å². The molecule has 0 atom stereocenters. The topological polar surface area (TPSA) is 36.3 Å². The lowest BCUT2D eigenvalue weighted by Crippen LogP contribution is -2.05. The van der Waals surface area contributed by atoms with Crippen molar-refractivity contribution in [2.45, 2.75) is 25.0 Å². The number of para-hydroxylation sites is 2. The highest BCUT2D eigenvalue weighted by Gasteiger charge is 2.13. The fourth-order valence-corrected chi connectivity index (χ4v) is 3.57. The lowest BCUT2D eigenvalue weighted by Gasteiger charge is -2.12. The summed E-state index contributed by atoms with van der Waals surface area (Å²) in [6.45, 7) is 5.00. The first kappa shape index (κ1) is 16.7. The Morgan fingerprint density at radius 3 is 2.67 bits per heavy atom. The van der Waals surface area contributed by atoms with Gasteiger partial charge in [0, 0.05) is 17.9 Å². The van der Waals surface area contributed by atoms with Crippen LogP contribution in [0.2, 0.25) is 0 Å². The first-order valence-corrected chi connectivity index (χ1v) is 9.04. The van der Waals surface area contributed by atoms with Gasteiger partial charge in [-0.25, -0.2) is 4.98 Å². The molecule has 0 saturated carbocycles. The van der Waals surface area contributed by atoms with E-state index in [1.54, 1.807) is 18.9 Å². The Morgan fingerprint density at radius 1 is 1.08 bits per heavy atom. The van der Waals surface area contributed by atoms with E-state index in [1.165, 1.54) is 5.52 Å². The van der Waals surface area contributed by atoms with Crippen LogP contribution in [0.25, 0.3) is 11.0 Å². The van der Waals surface area contributed by atoms with Crippen LogP contribution in [0.4, 0.5) is 0 Å². The predicted molar refractivity (Wildman–Crippen MR) is 99.3 cm³/mol. The molecule has 0 radical (unpaired) electrons. The van der Waals surface area contributed by atoms with E-state index in [0.29, 0.717) is 12.6 Å². The van der Waals surface area contributed by atoms with Gasteiger partial charge in [-0.15, -0.1) is 0 Å². The van der Waals surface area contributed by atoms with Crippen LogP contribution in [-0.2, 0) is 0 Å². The molecule has 1 aromatic heterocycles. The molecule has 0 amide bonds. The van der Waals surface area contributed by atoms with Gasteiger partial charge >= 0.3 is 0 Å². The van der Waals surface area contributed by atoms with E-state index >= 15 is 0 Å². The summed E-state index contributed by atoms with van der Waals surface area (Å²) in [5, 5.41) is 1.04. The third-order valence-corrected chi connectivity index (χ3v) is 4.62. The number of fused-ring (bicyclic) bond motifs is 1. The average molecular weight is 342 g/mol. The Hall–Kier alpha value is -2.14. The molecular weight excluding hydrogens is 320 g/mol. The zero-order valence-corrected chi connectivity index (χ0v) is 15.0. The van der Waals surface area contributed by atoms with Crippen LogP contribution in [0.3, 0.4) is 0 Å². The summed E-state index contributed by atoms with van der Waals surface area (Å²) in [7, 11) is 1.66. The molecule has 126 valence electrons. The minimum absolute atomic E-state index is 0.374. The number of benzene rings is 2. The number of hydrogen-bond donors (Lipinski definition) is 0. The molecule has 0 fully saturated rings. The van der Waals surface area contributed by atoms with Crippen molar-refractivity contribution in [2.24, 2.45) is 0 Å². The first-order chi connectivity index (χ1) is 11.7. The Bertz CT molecular complexity index is 814. The van der Waals surface area contributed by atoms with Crippen molar-refractivity contribution in [3.8, 4) is 11.5 Å². The van der Waals surface area contributed by atoms with Crippen molar-refractivity contribution in [1.82, 2.24) is 9.55 Å². The second kappa shape index (κ2) is 7.62. The summed E-state index contributed by atoms with van der Waals surface area (Å²) in [5.74, 6) is 2.47. The molecule has 0 bridgehead atoms. The minimum Gasteiger partial charge on any atom is -0.497 e. The SMILES string of the molecule is COc1cccc(OCCSc2nc3ccccc3n2C(C)C)c1. The molecule has 0 saturated heterocycles. The largest absolute Gasteiger partial charge is 0.497 e. The molecule has 1 heterocycles. The molecule has 5 heteroatoms. The second-order valence-corrected chi connectivity index (χ2v) is 6.78. The fourth-order valence-electron chi connectivity index (χ4n) is 2.61. The van der Waals surface area contributed by atoms with Gasteiger partial charge < -0.3 is 14.0 Å². The zero-order valence-electron chi connectivity index (χ0n) is 14.2. The van der Waals surface area contributed by atoms with Gasteiger partial charge in [-0.3, -0.25) is 0 Å². The number of hydrogen-bond acceptors (Lipinski definition) is 4. The molecular formula is C19H22N2O2S. The Morgan fingerprint density at radius 2 is 1.88 bits per heavy atom. The molecule has 0 aliphatic carbocycles. The molecule has 2 aromatic carbocycles. The summed E-state index contributed by atoms with van der Waals surface area (Å²) in [4.78, 5) is 4.76. The number of imidazole rings is 1. The molecule has 4 nitrogen and oxygen atoms in total. The van der Waals surface area contributed by atoms with Crippen molar-refractivity contribution in [1.29, 1.82) is 0 Å². The van der Waals surface area contributed by atoms with E-state index in [0.717, 1.165) is 27.9 Å². The van der Waals surface area contributed by atoms with Crippen molar-refractivity contribution >= 4 is 22.8 Å². The van der Waals surface area contributed by atoms with Crippen molar-refractivity contribution in [3.05, 3.63) is 48.5 Å². The number of ether oxygens (including phenoxy) is 2. The zero-order chi connectivity index (χ0) is 16.9. The first-order valence-electron chi connectivity index (χ1n) is 8.05. The van der Waals surface area contributed by atoms with E-state index in [4.69, 9.17) is 14.5 Å². The number of rotatable bonds is 7. The summed E-state index contributed by atoms with van der Waals surface area (Å²) in [5.41, 5.74) is 2.23. The molecule has 3 aromatic rings. The van der Waals surface area contributed by atoms with E-state index in [1.807, 2.05) is 30.3 Å². The lowest BCUT2D eigenvalue weighted by molar-refractivity contribution is 0.339. The van der Waals surface area contributed by atoms with E-state index in [2.05, 4.69) is 36.6 Å². The third-order valence-electron chi connectivity index (χ3n) is 3.70. The highest BCUT2D eigenvalue weighted by atomic mass is 32.2. The van der Waals surface area contributed by atoms with Crippen LogP contribution < -0.4 is 9.47 Å². The van der Waals surface area contributed by atoms with Gasteiger partial charge in [0.05, 0.1) is 24.8 Å². The van der Waals surface area contributed by atoms with Crippen LogP contribution in [-0.4, -0.2) is 29.0 Å². The van der Waals surface area contributed by atoms with Gasteiger partial charge in [0.2, 0.25) is 0 Å².